The maximum absolute atomic E-state index is 12.2. The molecule has 2 aromatic rings. The fourth-order valence-electron chi connectivity index (χ4n) is 4.71. The van der Waals surface area contributed by atoms with Crippen LogP contribution in [0.15, 0.2) is 60.7 Å². The van der Waals surface area contributed by atoms with E-state index in [4.69, 9.17) is 4.74 Å². The summed E-state index contributed by atoms with van der Waals surface area (Å²) in [5.74, 6) is 0.0357. The van der Waals surface area contributed by atoms with Crippen LogP contribution in [-0.2, 0) is 9.53 Å². The molecule has 1 fully saturated rings. The van der Waals surface area contributed by atoms with E-state index in [0.29, 0.717) is 5.79 Å². The molecule has 30 heavy (non-hydrogen) atoms. The molecule has 0 amide bonds. The van der Waals surface area contributed by atoms with Crippen molar-refractivity contribution < 1.29 is 9.53 Å². The Morgan fingerprint density at radius 2 is 1.57 bits per heavy atom. The van der Waals surface area contributed by atoms with Gasteiger partial charge in [0.25, 0.3) is 0 Å². The SMILES string of the molecule is COC(=O)C(C)CN1CCCN(C(C)(C)C)C1[SiH](c1ccccc1)c1ccccc1. The number of ether oxygens (including phenoxy) is 1. The Labute approximate surface area is 183 Å². The molecule has 162 valence electrons. The third kappa shape index (κ3) is 5.20. The minimum absolute atomic E-state index is 0.0483. The largest absolute Gasteiger partial charge is 0.469 e. The number of rotatable bonds is 6. The number of hydrogen-bond donors (Lipinski definition) is 0. The van der Waals surface area contributed by atoms with E-state index >= 15 is 0 Å². The molecule has 1 aliphatic heterocycles. The summed E-state index contributed by atoms with van der Waals surface area (Å²) in [4.78, 5) is 17.5. The molecule has 0 saturated carbocycles. The molecule has 0 radical (unpaired) electrons. The number of nitrogens with zero attached hydrogens (tertiary/aromatic N) is 2. The predicted molar refractivity (Wildman–Crippen MR) is 127 cm³/mol. The standard InChI is InChI=1S/C25H36N2O2Si/c1-20(23(28)29-5)19-26-17-12-18-27(25(2,3)4)24(26)30(21-13-8-6-9-14-21)22-15-10-7-11-16-22/h6-11,13-16,20,24,30H,12,17-19H2,1-5H3. The van der Waals surface area contributed by atoms with Crippen molar-refractivity contribution in [1.82, 2.24) is 9.80 Å². The lowest BCUT2D eigenvalue weighted by Crippen LogP contribution is -2.71. The number of carbonyl (C=O) groups excluding carboxylic acids is 1. The fraction of sp³-hybridized carbons (Fsp3) is 0.480. The van der Waals surface area contributed by atoms with Gasteiger partial charge < -0.3 is 4.74 Å². The van der Waals surface area contributed by atoms with E-state index in [1.165, 1.54) is 17.5 Å². The number of benzene rings is 2. The normalized spacial score (nSPS) is 19.6. The third-order valence-corrected chi connectivity index (χ3v) is 9.71. The molecule has 2 unspecified atom stereocenters. The molecule has 1 aliphatic rings. The van der Waals surface area contributed by atoms with Gasteiger partial charge in [0.1, 0.15) is 8.80 Å². The van der Waals surface area contributed by atoms with Crippen LogP contribution in [0.2, 0.25) is 0 Å². The summed E-state index contributed by atoms with van der Waals surface area (Å²) in [6.07, 6.45) is 1.12. The van der Waals surface area contributed by atoms with Gasteiger partial charge in [0, 0.05) is 25.2 Å². The van der Waals surface area contributed by atoms with Crippen LogP contribution in [0.1, 0.15) is 34.1 Å². The summed E-state index contributed by atoms with van der Waals surface area (Å²) in [6, 6.07) is 22.0. The molecular formula is C25H36N2O2Si. The third-order valence-electron chi connectivity index (χ3n) is 6.13. The van der Waals surface area contributed by atoms with Gasteiger partial charge in [-0.15, -0.1) is 0 Å². The van der Waals surface area contributed by atoms with Crippen LogP contribution < -0.4 is 10.4 Å². The predicted octanol–water partition coefficient (Wildman–Crippen LogP) is 2.51. The molecule has 1 saturated heterocycles. The molecule has 3 rings (SSSR count). The van der Waals surface area contributed by atoms with E-state index in [-0.39, 0.29) is 17.4 Å². The van der Waals surface area contributed by atoms with Gasteiger partial charge in [-0.2, -0.15) is 0 Å². The van der Waals surface area contributed by atoms with Crippen molar-refractivity contribution in [3.8, 4) is 0 Å². The molecule has 0 N–H and O–H groups in total. The van der Waals surface area contributed by atoms with Crippen molar-refractivity contribution in [2.45, 2.75) is 45.4 Å². The van der Waals surface area contributed by atoms with Crippen molar-refractivity contribution >= 4 is 25.1 Å². The summed E-state index contributed by atoms with van der Waals surface area (Å²) >= 11 is 0. The zero-order chi connectivity index (χ0) is 21.7. The lowest BCUT2D eigenvalue weighted by atomic mass is 10.0. The Morgan fingerprint density at radius 3 is 2.03 bits per heavy atom. The quantitative estimate of drug-likeness (QED) is 0.527. The first kappa shape index (κ1) is 22.7. The Hall–Kier alpha value is -1.95. The monoisotopic (exact) mass is 424 g/mol. The van der Waals surface area contributed by atoms with E-state index < -0.39 is 8.80 Å². The second kappa shape index (κ2) is 9.90. The van der Waals surface area contributed by atoms with Gasteiger partial charge >= 0.3 is 5.97 Å². The van der Waals surface area contributed by atoms with Gasteiger partial charge in [-0.3, -0.25) is 14.6 Å². The van der Waals surface area contributed by atoms with Gasteiger partial charge in [-0.1, -0.05) is 78.0 Å². The summed E-state index contributed by atoms with van der Waals surface area (Å²) in [5, 5.41) is 2.89. The van der Waals surface area contributed by atoms with Crippen molar-refractivity contribution in [1.29, 1.82) is 0 Å². The first-order valence-electron chi connectivity index (χ1n) is 11.0. The molecule has 2 aromatic carbocycles. The van der Waals surface area contributed by atoms with Gasteiger partial charge in [-0.05, 0) is 27.2 Å². The summed E-state index contributed by atoms with van der Waals surface area (Å²) in [5.41, 5.74) is 0.0483. The van der Waals surface area contributed by atoms with Crippen LogP contribution >= 0.6 is 0 Å². The lowest BCUT2D eigenvalue weighted by molar-refractivity contribution is -0.146. The van der Waals surface area contributed by atoms with E-state index in [1.54, 1.807) is 0 Å². The van der Waals surface area contributed by atoms with Crippen molar-refractivity contribution in [3.63, 3.8) is 0 Å². The topological polar surface area (TPSA) is 32.8 Å². The van der Waals surface area contributed by atoms with Crippen LogP contribution in [-0.4, -0.2) is 62.6 Å². The van der Waals surface area contributed by atoms with Gasteiger partial charge in [0.05, 0.1) is 18.8 Å². The number of esters is 1. The average Bonchev–Trinajstić information content (AvgIpc) is 2.75. The highest BCUT2D eigenvalue weighted by Gasteiger charge is 2.43. The minimum Gasteiger partial charge on any atom is -0.469 e. The van der Waals surface area contributed by atoms with Crippen molar-refractivity contribution in [2.24, 2.45) is 5.92 Å². The molecule has 0 aromatic heterocycles. The number of hydrogen-bond acceptors (Lipinski definition) is 4. The highest BCUT2D eigenvalue weighted by atomic mass is 28.3. The molecular weight excluding hydrogens is 388 g/mol. The first-order valence-corrected chi connectivity index (χ1v) is 12.8. The van der Waals surface area contributed by atoms with Crippen LogP contribution in [0.25, 0.3) is 0 Å². The molecule has 2 atom stereocenters. The first-order chi connectivity index (χ1) is 14.3. The maximum Gasteiger partial charge on any atom is 0.309 e. The maximum atomic E-state index is 12.2. The second-order valence-corrected chi connectivity index (χ2v) is 12.2. The zero-order valence-corrected chi connectivity index (χ0v) is 20.2. The van der Waals surface area contributed by atoms with Crippen molar-refractivity contribution in [3.05, 3.63) is 60.7 Å². The highest BCUT2D eigenvalue weighted by molar-refractivity contribution is 6.86. The van der Waals surface area contributed by atoms with Crippen LogP contribution in [0.4, 0.5) is 0 Å². The van der Waals surface area contributed by atoms with Crippen molar-refractivity contribution in [2.75, 3.05) is 26.7 Å². The van der Waals surface area contributed by atoms with E-state index in [2.05, 4.69) is 91.2 Å². The Balaban J connectivity index is 2.08. The Kier molecular flexibility index (Phi) is 7.50. The Morgan fingerprint density at radius 1 is 1.03 bits per heavy atom. The van der Waals surface area contributed by atoms with Crippen LogP contribution in [0, 0.1) is 5.92 Å². The van der Waals surface area contributed by atoms with Crippen LogP contribution in [0.3, 0.4) is 0 Å². The van der Waals surface area contributed by atoms with Gasteiger partial charge in [0.2, 0.25) is 0 Å². The number of carbonyl (C=O) groups is 1. The van der Waals surface area contributed by atoms with Gasteiger partial charge in [-0.25, -0.2) is 0 Å². The molecule has 0 aliphatic carbocycles. The molecule has 4 nitrogen and oxygen atoms in total. The molecule has 1 heterocycles. The van der Waals surface area contributed by atoms with E-state index in [0.717, 1.165) is 26.1 Å². The average molecular weight is 425 g/mol. The zero-order valence-electron chi connectivity index (χ0n) is 19.0. The molecule has 0 bridgehead atoms. The Bertz CT molecular complexity index is 767. The number of methoxy groups -OCH3 is 1. The smallest absolute Gasteiger partial charge is 0.309 e. The second-order valence-electron chi connectivity index (χ2n) is 9.35. The van der Waals surface area contributed by atoms with E-state index in [9.17, 15) is 4.79 Å². The lowest BCUT2D eigenvalue weighted by Gasteiger charge is -2.53. The minimum atomic E-state index is -1.65. The van der Waals surface area contributed by atoms with Gasteiger partial charge in [0.15, 0.2) is 0 Å². The highest BCUT2D eigenvalue weighted by Crippen LogP contribution is 2.26. The molecule has 0 spiro atoms. The molecule has 5 heteroatoms. The van der Waals surface area contributed by atoms with Crippen LogP contribution in [0.5, 0.6) is 0 Å². The fourth-order valence-corrected chi connectivity index (χ4v) is 8.71. The summed E-state index contributed by atoms with van der Waals surface area (Å²) < 4.78 is 5.04. The van der Waals surface area contributed by atoms with E-state index in [1.807, 2.05) is 6.92 Å². The summed E-state index contributed by atoms with van der Waals surface area (Å²) in [6.45, 7) is 11.8. The summed E-state index contributed by atoms with van der Waals surface area (Å²) in [7, 11) is -0.161.